The fraction of sp³-hybridized carbons (Fsp3) is 0.640. The Bertz CT molecular complexity index is 848. The normalized spacial score (nSPS) is 16.8. The Balaban J connectivity index is 1.82. The molecule has 2 fully saturated rings. The van der Waals surface area contributed by atoms with Gasteiger partial charge >= 0.3 is 6.03 Å². The van der Waals surface area contributed by atoms with Crippen molar-refractivity contribution in [1.29, 1.82) is 0 Å². The number of carbonyl (C=O) groups is 3. The van der Waals surface area contributed by atoms with Crippen molar-refractivity contribution >= 4 is 29.2 Å². The SMILES string of the molecule is CCN(CC)C(=O)c1cc(NC(=O)C2CCC2)ccc1N1CCCN(C(=O)NC(C)C)CC1. The quantitative estimate of drug-likeness (QED) is 0.656. The Hall–Kier alpha value is -2.77. The summed E-state index contributed by atoms with van der Waals surface area (Å²) in [5.41, 5.74) is 2.13. The summed E-state index contributed by atoms with van der Waals surface area (Å²) in [6, 6.07) is 5.70. The largest absolute Gasteiger partial charge is 0.369 e. The third-order valence-electron chi connectivity index (χ3n) is 6.56. The monoisotopic (exact) mass is 457 g/mol. The van der Waals surface area contributed by atoms with Crippen LogP contribution in [0.4, 0.5) is 16.2 Å². The van der Waals surface area contributed by atoms with Gasteiger partial charge in [0.25, 0.3) is 5.91 Å². The maximum absolute atomic E-state index is 13.4. The topological polar surface area (TPSA) is 85.0 Å². The molecule has 2 N–H and O–H groups in total. The zero-order valence-electron chi connectivity index (χ0n) is 20.5. The third kappa shape index (κ3) is 6.18. The minimum atomic E-state index is -0.0413. The average Bonchev–Trinajstić information content (AvgIpc) is 2.99. The lowest BCUT2D eigenvalue weighted by Crippen LogP contribution is -2.44. The number of nitrogens with zero attached hydrogens (tertiary/aromatic N) is 3. The Morgan fingerprint density at radius 1 is 1.03 bits per heavy atom. The van der Waals surface area contributed by atoms with E-state index in [9.17, 15) is 14.4 Å². The zero-order chi connectivity index (χ0) is 24.0. The summed E-state index contributed by atoms with van der Waals surface area (Å²) in [4.78, 5) is 44.2. The molecule has 4 amide bonds. The van der Waals surface area contributed by atoms with Crippen LogP contribution in [0.3, 0.4) is 0 Å². The second-order valence-electron chi connectivity index (χ2n) is 9.26. The van der Waals surface area contributed by atoms with Gasteiger partial charge in [0, 0.05) is 62.6 Å². The van der Waals surface area contributed by atoms with Gasteiger partial charge < -0.3 is 25.3 Å². The molecule has 2 aliphatic rings. The van der Waals surface area contributed by atoms with E-state index in [1.54, 1.807) is 4.90 Å². The van der Waals surface area contributed by atoms with Gasteiger partial charge in [0.1, 0.15) is 0 Å². The lowest BCUT2D eigenvalue weighted by molar-refractivity contribution is -0.122. The highest BCUT2D eigenvalue weighted by Gasteiger charge is 2.27. The van der Waals surface area contributed by atoms with Crippen molar-refractivity contribution in [2.24, 2.45) is 5.92 Å². The van der Waals surface area contributed by atoms with E-state index in [-0.39, 0.29) is 29.8 Å². The van der Waals surface area contributed by atoms with Crippen LogP contribution in [-0.2, 0) is 4.79 Å². The summed E-state index contributed by atoms with van der Waals surface area (Å²) < 4.78 is 0. The van der Waals surface area contributed by atoms with Crippen LogP contribution in [-0.4, -0.2) is 73.0 Å². The first-order valence-electron chi connectivity index (χ1n) is 12.4. The van der Waals surface area contributed by atoms with Crippen molar-refractivity contribution in [2.75, 3.05) is 49.5 Å². The smallest absolute Gasteiger partial charge is 0.317 e. The van der Waals surface area contributed by atoms with E-state index in [2.05, 4.69) is 15.5 Å². The van der Waals surface area contributed by atoms with Crippen molar-refractivity contribution in [3.8, 4) is 0 Å². The van der Waals surface area contributed by atoms with E-state index in [1.165, 1.54) is 0 Å². The van der Waals surface area contributed by atoms with E-state index >= 15 is 0 Å². The lowest BCUT2D eigenvalue weighted by Gasteiger charge is -2.29. The molecule has 0 bridgehead atoms. The van der Waals surface area contributed by atoms with Gasteiger partial charge in [0.15, 0.2) is 0 Å². The number of amides is 4. The van der Waals surface area contributed by atoms with E-state index in [4.69, 9.17) is 0 Å². The summed E-state index contributed by atoms with van der Waals surface area (Å²) >= 11 is 0. The highest BCUT2D eigenvalue weighted by atomic mass is 16.2. The molecule has 0 spiro atoms. The molecule has 8 nitrogen and oxygen atoms in total. The van der Waals surface area contributed by atoms with Gasteiger partial charge in [-0.15, -0.1) is 0 Å². The minimum Gasteiger partial charge on any atom is -0.369 e. The molecule has 1 aliphatic heterocycles. The summed E-state index contributed by atoms with van der Waals surface area (Å²) in [6.45, 7) is 11.8. The molecule has 1 saturated heterocycles. The number of hydrogen-bond donors (Lipinski definition) is 2. The van der Waals surface area contributed by atoms with Crippen LogP contribution in [0.2, 0.25) is 0 Å². The average molecular weight is 458 g/mol. The Labute approximate surface area is 197 Å². The molecule has 182 valence electrons. The van der Waals surface area contributed by atoms with Crippen molar-refractivity contribution < 1.29 is 14.4 Å². The molecule has 1 heterocycles. The number of benzene rings is 1. The molecule has 0 radical (unpaired) electrons. The fourth-order valence-corrected chi connectivity index (χ4v) is 4.36. The summed E-state index contributed by atoms with van der Waals surface area (Å²) in [5, 5.41) is 5.97. The van der Waals surface area contributed by atoms with Crippen LogP contribution in [0.1, 0.15) is 63.7 Å². The standard InChI is InChI=1S/C25H39N5O3/c1-5-28(6-2)24(32)21-17-20(27-23(31)19-9-7-10-19)11-12-22(21)29-13-8-14-30(16-15-29)25(33)26-18(3)4/h11-12,17-19H,5-10,13-16H2,1-4H3,(H,26,33)(H,27,31). The molecule has 0 unspecified atom stereocenters. The maximum atomic E-state index is 13.4. The molecular weight excluding hydrogens is 418 g/mol. The van der Waals surface area contributed by atoms with Gasteiger partial charge in [0.05, 0.1) is 5.56 Å². The fourth-order valence-electron chi connectivity index (χ4n) is 4.36. The first-order valence-corrected chi connectivity index (χ1v) is 12.4. The Morgan fingerprint density at radius 2 is 1.76 bits per heavy atom. The van der Waals surface area contributed by atoms with E-state index in [0.717, 1.165) is 37.9 Å². The zero-order valence-corrected chi connectivity index (χ0v) is 20.5. The van der Waals surface area contributed by atoms with Crippen molar-refractivity contribution in [3.63, 3.8) is 0 Å². The van der Waals surface area contributed by atoms with Gasteiger partial charge in [0.2, 0.25) is 5.91 Å². The predicted octanol–water partition coefficient (Wildman–Crippen LogP) is 3.54. The Morgan fingerprint density at radius 3 is 2.36 bits per heavy atom. The number of nitrogens with one attached hydrogen (secondary N) is 2. The molecule has 33 heavy (non-hydrogen) atoms. The first kappa shape index (κ1) is 24.9. The van der Waals surface area contributed by atoms with Crippen LogP contribution in [0.15, 0.2) is 18.2 Å². The number of carbonyl (C=O) groups excluding carboxylic acids is 3. The molecule has 0 atom stereocenters. The molecule has 1 aliphatic carbocycles. The van der Waals surface area contributed by atoms with Crippen molar-refractivity contribution in [2.45, 2.75) is 59.4 Å². The van der Waals surface area contributed by atoms with Crippen LogP contribution in [0, 0.1) is 5.92 Å². The highest BCUT2D eigenvalue weighted by molar-refractivity contribution is 6.02. The van der Waals surface area contributed by atoms with E-state index < -0.39 is 0 Å². The van der Waals surface area contributed by atoms with E-state index in [1.807, 2.05) is 50.8 Å². The van der Waals surface area contributed by atoms with Gasteiger partial charge in [-0.2, -0.15) is 0 Å². The van der Waals surface area contributed by atoms with Gasteiger partial charge in [-0.1, -0.05) is 6.42 Å². The predicted molar refractivity (Wildman–Crippen MR) is 132 cm³/mol. The number of hydrogen-bond acceptors (Lipinski definition) is 4. The second-order valence-corrected chi connectivity index (χ2v) is 9.26. The molecule has 1 aromatic carbocycles. The number of anilines is 2. The van der Waals surface area contributed by atoms with Crippen molar-refractivity contribution in [1.82, 2.24) is 15.1 Å². The Kier molecular flexibility index (Phi) is 8.58. The third-order valence-corrected chi connectivity index (χ3v) is 6.56. The first-order chi connectivity index (χ1) is 15.8. The second kappa shape index (κ2) is 11.4. The summed E-state index contributed by atoms with van der Waals surface area (Å²) in [5.74, 6) is 0.0883. The molecule has 1 aromatic rings. The lowest BCUT2D eigenvalue weighted by atomic mass is 9.85. The summed E-state index contributed by atoms with van der Waals surface area (Å²) in [6.07, 6.45) is 3.79. The van der Waals surface area contributed by atoms with Gasteiger partial charge in [-0.05, 0) is 65.2 Å². The molecule has 0 aromatic heterocycles. The maximum Gasteiger partial charge on any atom is 0.317 e. The molecular formula is C25H39N5O3. The van der Waals surface area contributed by atoms with Gasteiger partial charge in [-0.3, -0.25) is 9.59 Å². The minimum absolute atomic E-state index is 0.0339. The van der Waals surface area contributed by atoms with Gasteiger partial charge in [-0.25, -0.2) is 4.79 Å². The van der Waals surface area contributed by atoms with Crippen LogP contribution < -0.4 is 15.5 Å². The number of rotatable bonds is 7. The molecule has 1 saturated carbocycles. The van der Waals surface area contributed by atoms with Crippen LogP contribution in [0.25, 0.3) is 0 Å². The highest BCUT2D eigenvalue weighted by Crippen LogP contribution is 2.30. The van der Waals surface area contributed by atoms with Crippen LogP contribution >= 0.6 is 0 Å². The summed E-state index contributed by atoms with van der Waals surface area (Å²) in [7, 11) is 0. The molecule has 3 rings (SSSR count). The number of urea groups is 1. The van der Waals surface area contributed by atoms with Crippen LogP contribution in [0.5, 0.6) is 0 Å². The van der Waals surface area contributed by atoms with E-state index in [0.29, 0.717) is 44.0 Å². The van der Waals surface area contributed by atoms with Crippen molar-refractivity contribution in [3.05, 3.63) is 23.8 Å². The molecule has 8 heteroatoms.